The molecule has 0 radical (unpaired) electrons. The first-order chi connectivity index (χ1) is 17.9. The number of hydrogen-bond donors (Lipinski definition) is 1. The van der Waals surface area contributed by atoms with Gasteiger partial charge in [0.15, 0.2) is 0 Å². The highest BCUT2D eigenvalue weighted by molar-refractivity contribution is 5.76. The summed E-state index contributed by atoms with van der Waals surface area (Å²) >= 11 is 0. The summed E-state index contributed by atoms with van der Waals surface area (Å²) in [6.45, 7) is 23.3. The summed E-state index contributed by atoms with van der Waals surface area (Å²) in [4.78, 5) is 52.9. The fourth-order valence-corrected chi connectivity index (χ4v) is 3.44. The van der Waals surface area contributed by atoms with Gasteiger partial charge in [0.25, 0.3) is 0 Å². The molecule has 0 fully saturated rings. The number of hydrogen-bond acceptors (Lipinski definition) is 11. The largest absolute Gasteiger partial charge is 0.459 e. The van der Waals surface area contributed by atoms with E-state index in [4.69, 9.17) is 18.9 Å². The van der Waals surface area contributed by atoms with E-state index in [0.29, 0.717) is 32.6 Å². The topological polar surface area (TPSA) is 124 Å². The average molecular weight is 574 g/mol. The maximum atomic E-state index is 12.4. The Bertz CT molecular complexity index is 689. The predicted molar refractivity (Wildman–Crippen MR) is 154 cm³/mol. The van der Waals surface area contributed by atoms with E-state index in [9.17, 15) is 19.2 Å². The fourth-order valence-electron chi connectivity index (χ4n) is 3.44. The van der Waals surface area contributed by atoms with Crippen molar-refractivity contribution in [2.75, 3.05) is 52.4 Å². The fraction of sp³-hybridized carbons (Fsp3) is 0.862. The van der Waals surface area contributed by atoms with Gasteiger partial charge in [-0.15, -0.1) is 0 Å². The lowest BCUT2D eigenvalue weighted by Gasteiger charge is -2.27. The summed E-state index contributed by atoms with van der Waals surface area (Å²) in [7, 11) is 0. The predicted octanol–water partition coefficient (Wildman–Crippen LogP) is 2.94. The van der Waals surface area contributed by atoms with Gasteiger partial charge in [-0.1, -0.05) is 0 Å². The molecule has 0 atom stereocenters. The van der Waals surface area contributed by atoms with E-state index >= 15 is 0 Å². The van der Waals surface area contributed by atoms with Crippen LogP contribution < -0.4 is 5.32 Å². The first-order valence-electron chi connectivity index (χ1n) is 14.0. The monoisotopic (exact) mass is 573 g/mol. The third kappa shape index (κ3) is 23.6. The van der Waals surface area contributed by atoms with Crippen LogP contribution in [0.1, 0.15) is 89.5 Å². The van der Waals surface area contributed by atoms with Crippen molar-refractivity contribution in [2.24, 2.45) is 0 Å². The molecule has 0 aliphatic rings. The van der Waals surface area contributed by atoms with Crippen LogP contribution in [-0.2, 0) is 38.1 Å². The summed E-state index contributed by atoms with van der Waals surface area (Å²) < 4.78 is 21.7. The van der Waals surface area contributed by atoms with Crippen LogP contribution in [0.15, 0.2) is 0 Å². The SMILES string of the molecule is CC(C)(C)OC(=O)CN(CCCNCCN(CC(=O)OC(C)(C)C)CC(=O)OC(C)(C)C)CC(=O)OC(C)(C)C. The zero-order valence-electron chi connectivity index (χ0n) is 27.0. The number of carbonyl (C=O) groups is 4. The van der Waals surface area contributed by atoms with Gasteiger partial charge >= 0.3 is 23.9 Å². The summed E-state index contributed by atoms with van der Waals surface area (Å²) in [6.07, 6.45) is 0.643. The number of esters is 4. The molecular weight excluding hydrogens is 518 g/mol. The zero-order valence-corrected chi connectivity index (χ0v) is 27.0. The first-order valence-corrected chi connectivity index (χ1v) is 14.0. The van der Waals surface area contributed by atoms with Gasteiger partial charge in [0.1, 0.15) is 22.4 Å². The summed E-state index contributed by atoms with van der Waals surface area (Å²) in [6, 6.07) is 0. The van der Waals surface area contributed by atoms with E-state index in [2.05, 4.69) is 5.32 Å². The molecule has 0 rings (SSSR count). The van der Waals surface area contributed by atoms with Gasteiger partial charge in [0, 0.05) is 19.6 Å². The minimum atomic E-state index is -0.628. The minimum Gasteiger partial charge on any atom is -0.459 e. The molecule has 0 bridgehead atoms. The number of ether oxygens (including phenoxy) is 4. The average Bonchev–Trinajstić information content (AvgIpc) is 2.64. The van der Waals surface area contributed by atoms with E-state index in [0.717, 1.165) is 0 Å². The molecular formula is C29H55N3O8. The van der Waals surface area contributed by atoms with E-state index in [1.54, 1.807) is 92.9 Å². The number of nitrogens with one attached hydrogen (secondary N) is 1. The van der Waals surface area contributed by atoms with Gasteiger partial charge in [-0.2, -0.15) is 0 Å². The lowest BCUT2D eigenvalue weighted by molar-refractivity contribution is -0.162. The molecule has 11 nitrogen and oxygen atoms in total. The van der Waals surface area contributed by atoms with Gasteiger partial charge < -0.3 is 24.3 Å². The van der Waals surface area contributed by atoms with Crippen LogP contribution in [0.25, 0.3) is 0 Å². The van der Waals surface area contributed by atoms with Crippen molar-refractivity contribution in [3.63, 3.8) is 0 Å². The third-order valence-electron chi connectivity index (χ3n) is 4.52. The Balaban J connectivity index is 4.95. The van der Waals surface area contributed by atoms with Gasteiger partial charge in [0.2, 0.25) is 0 Å². The Morgan fingerprint density at radius 3 is 1.02 bits per heavy atom. The maximum Gasteiger partial charge on any atom is 0.320 e. The Kier molecular flexibility index (Phi) is 15.4. The second kappa shape index (κ2) is 16.3. The minimum absolute atomic E-state index is 0.0317. The molecule has 0 heterocycles. The molecule has 0 aromatic heterocycles. The molecule has 0 saturated heterocycles. The molecule has 234 valence electrons. The van der Waals surface area contributed by atoms with Crippen molar-refractivity contribution in [3.05, 3.63) is 0 Å². The van der Waals surface area contributed by atoms with Crippen molar-refractivity contribution in [1.29, 1.82) is 0 Å². The van der Waals surface area contributed by atoms with Crippen molar-refractivity contribution in [2.45, 2.75) is 112 Å². The van der Waals surface area contributed by atoms with Gasteiger partial charge in [-0.3, -0.25) is 29.0 Å². The molecule has 0 spiro atoms. The van der Waals surface area contributed by atoms with Crippen LogP contribution in [0, 0.1) is 0 Å². The smallest absolute Gasteiger partial charge is 0.320 e. The number of carbonyl (C=O) groups excluding carboxylic acids is 4. The third-order valence-corrected chi connectivity index (χ3v) is 4.52. The first kappa shape index (κ1) is 37.8. The number of rotatable bonds is 15. The van der Waals surface area contributed by atoms with E-state index in [1.807, 2.05) is 0 Å². The Labute approximate surface area is 241 Å². The van der Waals surface area contributed by atoms with Crippen molar-refractivity contribution < 1.29 is 38.1 Å². The lowest BCUT2D eigenvalue weighted by Crippen LogP contribution is -2.43. The van der Waals surface area contributed by atoms with Gasteiger partial charge in [0.05, 0.1) is 26.2 Å². The molecule has 0 amide bonds. The summed E-state index contributed by atoms with van der Waals surface area (Å²) in [5.74, 6) is -1.67. The molecule has 40 heavy (non-hydrogen) atoms. The quantitative estimate of drug-likeness (QED) is 0.177. The highest BCUT2D eigenvalue weighted by atomic mass is 16.6. The van der Waals surface area contributed by atoms with Gasteiger partial charge in [-0.05, 0) is 96.1 Å². The molecule has 0 unspecified atom stereocenters. The van der Waals surface area contributed by atoms with Crippen molar-refractivity contribution >= 4 is 23.9 Å². The molecule has 0 aromatic carbocycles. The molecule has 0 aliphatic carbocycles. The Hall–Kier alpha value is -2.24. The van der Waals surface area contributed by atoms with E-state index in [-0.39, 0.29) is 26.2 Å². The number of nitrogens with zero attached hydrogens (tertiary/aromatic N) is 2. The normalized spacial score (nSPS) is 12.8. The zero-order chi connectivity index (χ0) is 31.4. The van der Waals surface area contributed by atoms with E-state index in [1.165, 1.54) is 0 Å². The Morgan fingerprint density at radius 1 is 0.475 bits per heavy atom. The van der Waals surface area contributed by atoms with Gasteiger partial charge in [-0.25, -0.2) is 0 Å². The van der Waals surface area contributed by atoms with Crippen LogP contribution in [0.4, 0.5) is 0 Å². The molecule has 1 N–H and O–H groups in total. The van der Waals surface area contributed by atoms with Crippen LogP contribution in [-0.4, -0.2) is 108 Å². The highest BCUT2D eigenvalue weighted by Gasteiger charge is 2.25. The standard InChI is InChI=1S/C29H55N3O8/c1-26(2,3)37-22(33)18-31(19-23(34)38-27(4,5)6)16-13-14-30-15-17-32(20-24(35)39-28(7,8)9)21-25(36)40-29(10,11)12/h30H,13-21H2,1-12H3. The molecule has 0 aliphatic heterocycles. The van der Waals surface area contributed by atoms with Crippen LogP contribution in [0.5, 0.6) is 0 Å². The van der Waals surface area contributed by atoms with Crippen LogP contribution in [0.2, 0.25) is 0 Å². The second-order valence-corrected chi connectivity index (χ2v) is 13.9. The second-order valence-electron chi connectivity index (χ2n) is 13.9. The molecule has 11 heteroatoms. The van der Waals surface area contributed by atoms with Crippen molar-refractivity contribution in [1.82, 2.24) is 15.1 Å². The molecule has 0 aromatic rings. The highest BCUT2D eigenvalue weighted by Crippen LogP contribution is 2.11. The summed E-state index contributed by atoms with van der Waals surface area (Å²) in [5.41, 5.74) is -2.50. The summed E-state index contributed by atoms with van der Waals surface area (Å²) in [5, 5.41) is 3.29. The Morgan fingerprint density at radius 2 is 0.750 bits per heavy atom. The maximum absolute atomic E-state index is 12.4. The van der Waals surface area contributed by atoms with Crippen LogP contribution >= 0.6 is 0 Å². The van der Waals surface area contributed by atoms with Crippen molar-refractivity contribution in [3.8, 4) is 0 Å². The molecule has 0 saturated carbocycles. The van der Waals surface area contributed by atoms with E-state index < -0.39 is 46.3 Å². The van der Waals surface area contributed by atoms with Crippen LogP contribution in [0.3, 0.4) is 0 Å². The lowest BCUT2D eigenvalue weighted by atomic mass is 10.2.